The van der Waals surface area contributed by atoms with Gasteiger partial charge in [0.1, 0.15) is 0 Å². The second kappa shape index (κ2) is 12.3. The van der Waals surface area contributed by atoms with Crippen molar-refractivity contribution in [3.63, 3.8) is 0 Å². The molecule has 0 aromatic heterocycles. The first kappa shape index (κ1) is 24.9. The highest BCUT2D eigenvalue weighted by molar-refractivity contribution is 14.0. The molecular weight excluding hydrogens is 455 g/mol. The van der Waals surface area contributed by atoms with Crippen molar-refractivity contribution in [2.24, 2.45) is 4.99 Å². The van der Waals surface area contributed by atoms with E-state index >= 15 is 0 Å². The number of nitrogens with one attached hydrogen (secondary N) is 2. The third-order valence-corrected chi connectivity index (χ3v) is 6.55. The van der Waals surface area contributed by atoms with Crippen LogP contribution in [0.25, 0.3) is 0 Å². The van der Waals surface area contributed by atoms with Crippen LogP contribution in [0.1, 0.15) is 34.1 Å². The summed E-state index contributed by atoms with van der Waals surface area (Å²) < 4.78 is 28.8. The Hall–Kier alpha value is -0.130. The Morgan fingerprint density at radius 1 is 1.20 bits per heavy atom. The molecule has 150 valence electrons. The van der Waals surface area contributed by atoms with E-state index in [0.717, 1.165) is 52.4 Å². The minimum absolute atomic E-state index is 0. The molecule has 0 amide bonds. The van der Waals surface area contributed by atoms with Crippen LogP contribution < -0.4 is 10.6 Å². The topological polar surface area (TPSA) is 83.0 Å². The highest BCUT2D eigenvalue weighted by Gasteiger charge is 2.28. The first-order chi connectivity index (χ1) is 11.3. The summed E-state index contributed by atoms with van der Waals surface area (Å²) in [5, 5.41) is 6.27. The van der Waals surface area contributed by atoms with Gasteiger partial charge in [-0.15, -0.1) is 24.0 Å². The molecule has 1 heterocycles. The Morgan fingerprint density at radius 3 is 2.40 bits per heavy atom. The van der Waals surface area contributed by atoms with E-state index in [1.807, 2.05) is 6.92 Å². The monoisotopic (exact) mass is 490 g/mol. The number of sulfone groups is 1. The molecule has 0 atom stereocenters. The summed E-state index contributed by atoms with van der Waals surface area (Å²) in [5.74, 6) is 0.790. The summed E-state index contributed by atoms with van der Waals surface area (Å²) in [6.45, 7) is 13.7. The summed E-state index contributed by atoms with van der Waals surface area (Å²) in [4.78, 5) is 6.91. The zero-order valence-electron chi connectivity index (χ0n) is 16.0. The van der Waals surface area contributed by atoms with Crippen molar-refractivity contribution in [1.29, 1.82) is 0 Å². The highest BCUT2D eigenvalue weighted by atomic mass is 127. The molecule has 2 N–H and O–H groups in total. The molecule has 1 aliphatic heterocycles. The van der Waals surface area contributed by atoms with Gasteiger partial charge in [-0.3, -0.25) is 9.89 Å². The van der Waals surface area contributed by atoms with Gasteiger partial charge in [0.2, 0.25) is 0 Å². The first-order valence-corrected chi connectivity index (χ1v) is 10.5. The third kappa shape index (κ3) is 9.95. The molecule has 1 aliphatic rings. The van der Waals surface area contributed by atoms with Gasteiger partial charge in [0.05, 0.1) is 23.7 Å². The maximum atomic E-state index is 12.1. The number of hydrogen-bond acceptors (Lipinski definition) is 5. The molecule has 0 aliphatic carbocycles. The van der Waals surface area contributed by atoms with Crippen molar-refractivity contribution in [3.8, 4) is 0 Å². The Balaban J connectivity index is 0.00000576. The second-order valence-corrected chi connectivity index (χ2v) is 9.79. The fourth-order valence-corrected chi connectivity index (χ4v) is 3.24. The van der Waals surface area contributed by atoms with Crippen LogP contribution in [0.5, 0.6) is 0 Å². The molecule has 25 heavy (non-hydrogen) atoms. The predicted molar refractivity (Wildman–Crippen MR) is 115 cm³/mol. The van der Waals surface area contributed by atoms with E-state index in [1.54, 1.807) is 20.8 Å². The van der Waals surface area contributed by atoms with Gasteiger partial charge in [0.15, 0.2) is 15.8 Å². The first-order valence-electron chi connectivity index (χ1n) is 8.81. The Morgan fingerprint density at radius 2 is 1.84 bits per heavy atom. The minimum Gasteiger partial charge on any atom is -0.379 e. The average Bonchev–Trinajstić information content (AvgIpc) is 2.51. The molecular formula is C16H35IN4O3S. The number of rotatable bonds is 8. The molecule has 0 aromatic carbocycles. The lowest BCUT2D eigenvalue weighted by Gasteiger charge is -2.26. The van der Waals surface area contributed by atoms with Crippen molar-refractivity contribution in [3.05, 3.63) is 0 Å². The van der Waals surface area contributed by atoms with E-state index in [-0.39, 0.29) is 29.7 Å². The molecule has 0 aromatic rings. The van der Waals surface area contributed by atoms with Crippen LogP contribution in [0.15, 0.2) is 4.99 Å². The lowest BCUT2D eigenvalue weighted by atomic mass is 10.3. The fourth-order valence-electron chi connectivity index (χ4n) is 2.26. The molecule has 0 spiro atoms. The highest BCUT2D eigenvalue weighted by Crippen LogP contribution is 2.15. The number of hydrogen-bond donors (Lipinski definition) is 2. The van der Waals surface area contributed by atoms with Crippen LogP contribution in [0.4, 0.5) is 0 Å². The maximum absolute atomic E-state index is 12.1. The largest absolute Gasteiger partial charge is 0.379 e. The summed E-state index contributed by atoms with van der Waals surface area (Å²) in [6.07, 6.45) is 0.983. The molecule has 0 radical (unpaired) electrons. The van der Waals surface area contributed by atoms with Crippen molar-refractivity contribution >= 4 is 39.8 Å². The minimum atomic E-state index is -3.11. The Bertz CT molecular complexity index is 486. The average molecular weight is 490 g/mol. The molecule has 1 rings (SSSR count). The quantitative estimate of drug-likeness (QED) is 0.230. The van der Waals surface area contributed by atoms with E-state index < -0.39 is 14.6 Å². The lowest BCUT2D eigenvalue weighted by molar-refractivity contribution is 0.0377. The molecule has 0 saturated carbocycles. The van der Waals surface area contributed by atoms with Crippen LogP contribution >= 0.6 is 24.0 Å². The number of guanidine groups is 1. The van der Waals surface area contributed by atoms with Crippen molar-refractivity contribution in [2.75, 3.05) is 58.2 Å². The van der Waals surface area contributed by atoms with Gasteiger partial charge >= 0.3 is 0 Å². The summed E-state index contributed by atoms with van der Waals surface area (Å²) in [6, 6.07) is 0. The second-order valence-electron chi connectivity index (χ2n) is 6.93. The molecule has 1 saturated heterocycles. The smallest absolute Gasteiger partial charge is 0.191 e. The van der Waals surface area contributed by atoms with Crippen LogP contribution in [0, 0.1) is 0 Å². The normalized spacial score (nSPS) is 17.0. The van der Waals surface area contributed by atoms with Gasteiger partial charge in [-0.1, -0.05) is 0 Å². The SMILES string of the molecule is CCNC(=NCCCN1CCOCC1)NCCS(=O)(=O)C(C)(C)C.I. The van der Waals surface area contributed by atoms with Crippen LogP contribution in [0.2, 0.25) is 0 Å². The van der Waals surface area contributed by atoms with Crippen LogP contribution in [-0.2, 0) is 14.6 Å². The predicted octanol–water partition coefficient (Wildman–Crippen LogP) is 1.10. The van der Waals surface area contributed by atoms with E-state index in [9.17, 15) is 8.42 Å². The van der Waals surface area contributed by atoms with Gasteiger partial charge in [0.25, 0.3) is 0 Å². The van der Waals surface area contributed by atoms with Gasteiger partial charge < -0.3 is 15.4 Å². The van der Waals surface area contributed by atoms with Gasteiger partial charge in [0, 0.05) is 39.3 Å². The standard InChI is InChI=1S/C16H34N4O3S.HI/c1-5-17-15(19-8-14-24(21,22)16(2,3)4)18-7-6-9-20-10-12-23-13-11-20;/h5-14H2,1-4H3,(H2,17,18,19);1H. The number of halogens is 1. The fraction of sp³-hybridized carbons (Fsp3) is 0.938. The Kier molecular flexibility index (Phi) is 12.2. The summed E-state index contributed by atoms with van der Waals surface area (Å²) in [5.41, 5.74) is 0. The van der Waals surface area contributed by atoms with E-state index in [2.05, 4.69) is 20.5 Å². The third-order valence-electron chi connectivity index (χ3n) is 3.95. The summed E-state index contributed by atoms with van der Waals surface area (Å²) in [7, 11) is -3.11. The number of morpholine rings is 1. The summed E-state index contributed by atoms with van der Waals surface area (Å²) >= 11 is 0. The molecule has 1 fully saturated rings. The molecule has 7 nitrogen and oxygen atoms in total. The van der Waals surface area contributed by atoms with Crippen molar-refractivity contribution < 1.29 is 13.2 Å². The number of nitrogens with zero attached hydrogens (tertiary/aromatic N) is 2. The molecule has 0 unspecified atom stereocenters. The van der Waals surface area contributed by atoms with Crippen molar-refractivity contribution in [1.82, 2.24) is 15.5 Å². The lowest BCUT2D eigenvalue weighted by Crippen LogP contribution is -2.42. The van der Waals surface area contributed by atoms with E-state index in [4.69, 9.17) is 4.74 Å². The molecule has 0 bridgehead atoms. The number of ether oxygens (including phenoxy) is 1. The molecule has 9 heteroatoms. The zero-order valence-corrected chi connectivity index (χ0v) is 19.2. The van der Waals surface area contributed by atoms with Gasteiger partial charge in [-0.25, -0.2) is 8.42 Å². The van der Waals surface area contributed by atoms with Gasteiger partial charge in [-0.2, -0.15) is 0 Å². The van der Waals surface area contributed by atoms with Crippen LogP contribution in [-0.4, -0.2) is 82.3 Å². The number of aliphatic imine (C=N–C) groups is 1. The van der Waals surface area contributed by atoms with Crippen molar-refractivity contribution in [2.45, 2.75) is 38.9 Å². The maximum Gasteiger partial charge on any atom is 0.191 e. The van der Waals surface area contributed by atoms with E-state index in [1.165, 1.54) is 0 Å². The van der Waals surface area contributed by atoms with Crippen LogP contribution in [0.3, 0.4) is 0 Å². The zero-order chi connectivity index (χ0) is 18.1. The van der Waals surface area contributed by atoms with Gasteiger partial charge in [-0.05, 0) is 34.1 Å². The Labute approximate surface area is 170 Å². The van der Waals surface area contributed by atoms with E-state index in [0.29, 0.717) is 12.5 Å².